The third-order valence-electron chi connectivity index (χ3n) is 8.67. The highest BCUT2D eigenvalue weighted by Crippen LogP contribution is 2.50. The molecule has 12 heteroatoms. The number of esters is 2. The van der Waals surface area contributed by atoms with Crippen LogP contribution in [0.5, 0.6) is 0 Å². The van der Waals surface area contributed by atoms with E-state index in [1.165, 1.54) is 18.9 Å². The Labute approximate surface area is 301 Å². The van der Waals surface area contributed by atoms with Gasteiger partial charge in [0.05, 0.1) is 33.2 Å². The van der Waals surface area contributed by atoms with Gasteiger partial charge in [0.1, 0.15) is 5.42 Å². The maximum absolute atomic E-state index is 14.8. The monoisotopic (exact) mass is 728 g/mol. The van der Waals surface area contributed by atoms with Gasteiger partial charge in [0.15, 0.2) is 5.78 Å². The van der Waals surface area contributed by atoms with Crippen LogP contribution in [0.4, 0.5) is 0 Å². The quantitative estimate of drug-likeness (QED) is 0.0732. The van der Waals surface area contributed by atoms with Crippen molar-refractivity contribution in [3.8, 4) is 0 Å². The highest BCUT2D eigenvalue weighted by molar-refractivity contribution is 7.96. The zero-order valence-corrected chi connectivity index (χ0v) is 30.8. The minimum Gasteiger partial charge on any atom is -0.427 e. The summed E-state index contributed by atoms with van der Waals surface area (Å²) in [5.41, 5.74) is -0.883. The Morgan fingerprint density at radius 3 is 1.76 bits per heavy atom. The first kappa shape index (κ1) is 37.4. The number of thiophene rings is 1. The number of ketones is 1. The number of likely N-dealkylation sites (tertiary alicyclic amines) is 1. The fourth-order valence-corrected chi connectivity index (χ4v) is 11.5. The molecule has 3 aromatic carbocycles. The topological polar surface area (TPSA) is 139 Å². The number of aliphatic hydroxyl groups excluding tert-OH is 1. The highest BCUT2D eigenvalue weighted by atomic mass is 32.1. The Morgan fingerprint density at radius 2 is 1.31 bits per heavy atom. The van der Waals surface area contributed by atoms with E-state index in [-0.39, 0.29) is 23.5 Å². The molecule has 51 heavy (non-hydrogen) atoms. The molecule has 1 fully saturated rings. The van der Waals surface area contributed by atoms with Crippen LogP contribution in [-0.2, 0) is 23.9 Å². The second-order valence-corrected chi connectivity index (χ2v) is 17.5. The summed E-state index contributed by atoms with van der Waals surface area (Å²) in [5.74, 6) is -3.76. The number of rotatable bonds is 12. The lowest BCUT2D eigenvalue weighted by atomic mass is 9.80. The predicted molar refractivity (Wildman–Crippen MR) is 199 cm³/mol. The molecule has 3 unspecified atom stereocenters. The van der Waals surface area contributed by atoms with E-state index in [0.29, 0.717) is 9.75 Å². The Morgan fingerprint density at radius 1 is 0.824 bits per heavy atom. The standard InChI is InChI=1S/C39H41N2O8PS/c1-25(42)33-29(23-30(43)31-21-22-32(51-31)34(44)40-5)41(35(33)45)36(37(46)48-24-49-38(47)39(2,3)4)50(26-15-9-6-10-16-26,27-17-11-7-12-18-27)28-19-13-8-14-20-28/h6-22,25,29,33,42H,23-24H2,1-5H3,(H,40,44). The maximum atomic E-state index is 14.8. The summed E-state index contributed by atoms with van der Waals surface area (Å²) in [6.45, 7) is 2.46. The van der Waals surface area contributed by atoms with Gasteiger partial charge in [0.25, 0.3) is 5.91 Å². The van der Waals surface area contributed by atoms with Gasteiger partial charge in [-0.1, -0.05) is 91.0 Å². The van der Waals surface area contributed by atoms with Crippen molar-refractivity contribution in [3.63, 3.8) is 0 Å². The van der Waals surface area contributed by atoms with Crippen molar-refractivity contribution in [1.29, 1.82) is 0 Å². The van der Waals surface area contributed by atoms with Gasteiger partial charge >= 0.3 is 11.9 Å². The van der Waals surface area contributed by atoms with E-state index in [2.05, 4.69) is 5.32 Å². The SMILES string of the molecule is CNC(=O)c1ccc(C(=O)CC2C(C(C)O)C(=O)N2C(C(=O)OCOC(=O)C(C)(C)C)=P(c2ccccc2)(c2ccccc2)c2ccccc2)s1. The second-order valence-electron chi connectivity index (χ2n) is 13.1. The second kappa shape index (κ2) is 15.6. The van der Waals surface area contributed by atoms with Gasteiger partial charge in [-0.15, -0.1) is 11.3 Å². The number of β-lactam (4-membered cyclic amide) rings is 1. The Hall–Kier alpha value is -4.83. The zero-order chi connectivity index (χ0) is 36.9. The summed E-state index contributed by atoms with van der Waals surface area (Å²) in [7, 11) is 1.50. The van der Waals surface area contributed by atoms with E-state index in [4.69, 9.17) is 9.47 Å². The molecule has 2 N–H and O–H groups in total. The molecule has 0 saturated carbocycles. The largest absolute Gasteiger partial charge is 0.427 e. The summed E-state index contributed by atoms with van der Waals surface area (Å²) in [6.07, 6.45) is -1.40. The number of carbonyl (C=O) groups excluding carboxylic acids is 5. The molecule has 4 aromatic rings. The number of nitrogens with zero attached hydrogens (tertiary/aromatic N) is 1. The third-order valence-corrected chi connectivity index (χ3v) is 14.0. The van der Waals surface area contributed by atoms with Crippen molar-refractivity contribution >= 4 is 69.1 Å². The number of hydrogen-bond acceptors (Lipinski definition) is 9. The number of Topliss-reactive ketones (excluding diaryl/α,β-unsaturated/α-hetero) is 1. The number of ether oxygens (including phenoxy) is 2. The summed E-state index contributed by atoms with van der Waals surface area (Å²) in [5, 5.41) is 15.6. The van der Waals surface area contributed by atoms with E-state index in [1.807, 2.05) is 91.0 Å². The van der Waals surface area contributed by atoms with Crippen LogP contribution in [0, 0.1) is 11.3 Å². The molecule has 0 bridgehead atoms. The minimum absolute atomic E-state index is 0.0187. The van der Waals surface area contributed by atoms with E-state index >= 15 is 0 Å². The number of carbonyl (C=O) groups is 5. The molecule has 2 amide bonds. The molecule has 0 spiro atoms. The van der Waals surface area contributed by atoms with Crippen LogP contribution >= 0.6 is 18.2 Å². The van der Waals surface area contributed by atoms with Crippen LogP contribution in [0.25, 0.3) is 0 Å². The van der Waals surface area contributed by atoms with Crippen molar-refractivity contribution in [2.45, 2.75) is 46.3 Å². The molecule has 1 aromatic heterocycles. The van der Waals surface area contributed by atoms with Crippen molar-refractivity contribution in [2.75, 3.05) is 13.8 Å². The molecule has 10 nitrogen and oxygen atoms in total. The van der Waals surface area contributed by atoms with Crippen LogP contribution < -0.4 is 21.2 Å². The van der Waals surface area contributed by atoms with Crippen molar-refractivity contribution in [3.05, 3.63) is 113 Å². The van der Waals surface area contributed by atoms with Gasteiger partial charge in [-0.2, -0.15) is 0 Å². The molecule has 1 saturated heterocycles. The lowest BCUT2D eigenvalue weighted by Crippen LogP contribution is -2.68. The van der Waals surface area contributed by atoms with Gasteiger partial charge in [-0.3, -0.25) is 19.2 Å². The lowest BCUT2D eigenvalue weighted by molar-refractivity contribution is -0.171. The molecule has 1 aliphatic heterocycles. The Kier molecular flexibility index (Phi) is 11.4. The van der Waals surface area contributed by atoms with Crippen LogP contribution in [-0.4, -0.2) is 70.9 Å². The number of nitrogens with one attached hydrogen (secondary N) is 1. The van der Waals surface area contributed by atoms with Gasteiger partial charge in [0, 0.05) is 20.4 Å². The van der Waals surface area contributed by atoms with Crippen LogP contribution in [0.1, 0.15) is 53.5 Å². The summed E-state index contributed by atoms with van der Waals surface area (Å²) >= 11 is 1.02. The highest BCUT2D eigenvalue weighted by Gasteiger charge is 2.55. The van der Waals surface area contributed by atoms with Gasteiger partial charge in [-0.05, 0) is 55.7 Å². The normalized spacial score (nSPS) is 16.4. The molecule has 2 heterocycles. The molecule has 1 aliphatic rings. The van der Waals surface area contributed by atoms with E-state index in [9.17, 15) is 29.1 Å². The first-order valence-corrected chi connectivity index (χ1v) is 19.1. The van der Waals surface area contributed by atoms with Gasteiger partial charge < -0.3 is 24.8 Å². The average molecular weight is 729 g/mol. The van der Waals surface area contributed by atoms with Crippen LogP contribution in [0.3, 0.4) is 0 Å². The van der Waals surface area contributed by atoms with Crippen molar-refractivity contribution in [1.82, 2.24) is 10.2 Å². The summed E-state index contributed by atoms with van der Waals surface area (Å²) in [6, 6.07) is 30.2. The first-order valence-electron chi connectivity index (χ1n) is 16.5. The third kappa shape index (κ3) is 7.47. The van der Waals surface area contributed by atoms with Gasteiger partial charge in [0.2, 0.25) is 12.7 Å². The summed E-state index contributed by atoms with van der Waals surface area (Å²) < 4.78 is 11.1. The average Bonchev–Trinajstić information content (AvgIpc) is 3.62. The maximum Gasteiger partial charge on any atom is 0.358 e. The molecular formula is C39H41N2O8PS. The fourth-order valence-electron chi connectivity index (χ4n) is 6.18. The number of benzene rings is 3. The molecule has 0 radical (unpaired) electrons. The van der Waals surface area contributed by atoms with E-state index < -0.39 is 55.0 Å². The number of hydrogen-bond donors (Lipinski definition) is 2. The number of aliphatic hydroxyl groups is 1. The fraction of sp³-hybridized carbons (Fsp3) is 0.282. The predicted octanol–water partition coefficient (Wildman–Crippen LogP) is 4.10. The molecule has 0 aliphatic carbocycles. The van der Waals surface area contributed by atoms with Crippen LogP contribution in [0.15, 0.2) is 103 Å². The molecule has 5 rings (SSSR count). The van der Waals surface area contributed by atoms with Crippen molar-refractivity contribution < 1.29 is 38.6 Å². The van der Waals surface area contributed by atoms with E-state index in [1.54, 1.807) is 32.9 Å². The van der Waals surface area contributed by atoms with E-state index in [0.717, 1.165) is 27.3 Å². The first-order chi connectivity index (χ1) is 24.3. The van der Waals surface area contributed by atoms with Crippen LogP contribution in [0.2, 0.25) is 0 Å². The summed E-state index contributed by atoms with van der Waals surface area (Å²) in [4.78, 5) is 69.9. The smallest absolute Gasteiger partial charge is 0.358 e. The number of amides is 2. The zero-order valence-electron chi connectivity index (χ0n) is 29.1. The minimum atomic E-state index is -3.33. The molecule has 266 valence electrons. The lowest BCUT2D eigenvalue weighted by Gasteiger charge is -2.50. The Balaban J connectivity index is 1.78. The van der Waals surface area contributed by atoms with Gasteiger partial charge in [-0.25, -0.2) is 4.79 Å². The molecular weight excluding hydrogens is 687 g/mol. The molecule has 3 atom stereocenters. The van der Waals surface area contributed by atoms with Crippen molar-refractivity contribution in [2.24, 2.45) is 11.3 Å². The Bertz CT molecular complexity index is 1870.